The number of quaternary nitrogens is 1. The van der Waals surface area contributed by atoms with Crippen LogP contribution in [-0.4, -0.2) is 112 Å². The molecule has 0 aromatic heterocycles. The number of alkyl halides is 3. The van der Waals surface area contributed by atoms with Gasteiger partial charge in [0.1, 0.15) is 17.9 Å². The first kappa shape index (κ1) is 48.2. The maximum Gasteiger partial charge on any atom is 0.573 e. The molecule has 370 valence electrons. The number of nitrogens with one attached hydrogen (secondary N) is 4. The fraction of sp³-hybridized carbons (Fsp3) is 0.712. The van der Waals surface area contributed by atoms with E-state index < -0.39 is 12.1 Å². The highest BCUT2D eigenvalue weighted by Crippen LogP contribution is 2.51. The molecule has 68 heavy (non-hydrogen) atoms. The molecule has 7 fully saturated rings. The number of amides is 1. The van der Waals surface area contributed by atoms with Crippen molar-refractivity contribution in [1.82, 2.24) is 31.4 Å². The first-order valence-corrected chi connectivity index (χ1v) is 26.9. The Morgan fingerprint density at radius 3 is 2.37 bits per heavy atom. The van der Waals surface area contributed by atoms with Crippen molar-refractivity contribution in [2.24, 2.45) is 22.2 Å². The van der Waals surface area contributed by atoms with Crippen LogP contribution in [0.4, 0.5) is 13.2 Å². The van der Waals surface area contributed by atoms with Gasteiger partial charge in [0.15, 0.2) is 11.9 Å². The molecule has 6 aliphatic heterocycles. The van der Waals surface area contributed by atoms with Crippen molar-refractivity contribution in [1.29, 1.82) is 5.26 Å². The molecule has 2 aromatic carbocycles. The lowest BCUT2D eigenvalue weighted by Crippen LogP contribution is -2.75. The van der Waals surface area contributed by atoms with Crippen LogP contribution in [0.1, 0.15) is 147 Å². The SMILES string of the molecule is CC1SC2C(C(c3ccc(C4CCC5(CC4)CCN(C4CCC(C(=O)NC6CCC(Oc7ccc(C#N)c(OC(F)(F)F)c7)CC6)N[N+]46CCCCCC6)C5)cc3)=N[C@@H](C)C3NNC(C)N23)C1C. The van der Waals surface area contributed by atoms with E-state index in [1.807, 2.05) is 0 Å². The molecule has 2 saturated carbocycles. The Hall–Kier alpha value is -3.43. The molecule has 9 atom stereocenters. The summed E-state index contributed by atoms with van der Waals surface area (Å²) < 4.78 is 49.8. The van der Waals surface area contributed by atoms with Crippen molar-refractivity contribution >= 4 is 23.4 Å². The third kappa shape index (κ3) is 9.80. The number of fused-ring (bicyclic) bond motifs is 3. The normalized spacial score (nSPS) is 37.6. The number of benzene rings is 2. The second-order valence-corrected chi connectivity index (χ2v) is 23.4. The zero-order valence-corrected chi connectivity index (χ0v) is 41.2. The quantitative estimate of drug-likeness (QED) is 0.191. The van der Waals surface area contributed by atoms with Gasteiger partial charge in [-0.3, -0.25) is 19.6 Å². The molecule has 12 nitrogen and oxygen atoms in total. The minimum absolute atomic E-state index is 0.0141. The lowest BCUT2D eigenvalue weighted by molar-refractivity contribution is -1.01. The van der Waals surface area contributed by atoms with E-state index in [1.165, 1.54) is 86.8 Å². The van der Waals surface area contributed by atoms with Crippen LogP contribution < -0.4 is 31.1 Å². The highest BCUT2D eigenvalue weighted by molar-refractivity contribution is 8.00. The Bertz CT molecular complexity index is 2180. The Balaban J connectivity index is 0.733. The number of aliphatic imine (C=N–C) groups is 1. The average Bonchev–Trinajstić information content (AvgIpc) is 3.91. The van der Waals surface area contributed by atoms with Crippen LogP contribution in [0.2, 0.25) is 0 Å². The lowest BCUT2D eigenvalue weighted by atomic mass is 9.68. The molecule has 1 amide bonds. The van der Waals surface area contributed by atoms with Gasteiger partial charge in [0, 0.05) is 48.5 Å². The van der Waals surface area contributed by atoms with Crippen molar-refractivity contribution in [2.75, 3.05) is 26.2 Å². The van der Waals surface area contributed by atoms with E-state index in [0.717, 1.165) is 62.5 Å². The predicted molar refractivity (Wildman–Crippen MR) is 258 cm³/mol. The van der Waals surface area contributed by atoms with Crippen molar-refractivity contribution in [2.45, 2.75) is 190 Å². The highest BCUT2D eigenvalue weighted by atomic mass is 32.2. The summed E-state index contributed by atoms with van der Waals surface area (Å²) in [5, 5.41) is 13.6. The number of hydrogen-bond acceptors (Lipinski definition) is 11. The summed E-state index contributed by atoms with van der Waals surface area (Å²) in [5.74, 6) is 1.28. The average molecular weight is 961 g/mol. The van der Waals surface area contributed by atoms with Gasteiger partial charge in [0.05, 0.1) is 48.5 Å². The minimum Gasteiger partial charge on any atom is -0.490 e. The van der Waals surface area contributed by atoms with Gasteiger partial charge in [-0.05, 0) is 144 Å². The molecule has 16 heteroatoms. The Morgan fingerprint density at radius 1 is 0.926 bits per heavy atom. The first-order chi connectivity index (χ1) is 32.7. The van der Waals surface area contributed by atoms with Gasteiger partial charge in [0.25, 0.3) is 0 Å². The number of nitriles is 1. The van der Waals surface area contributed by atoms with E-state index in [2.05, 4.69) is 99.9 Å². The van der Waals surface area contributed by atoms with Gasteiger partial charge in [-0.25, -0.2) is 15.4 Å². The fourth-order valence-electron chi connectivity index (χ4n) is 13.8. The summed E-state index contributed by atoms with van der Waals surface area (Å²) >= 11 is 2.12. The summed E-state index contributed by atoms with van der Waals surface area (Å²) in [6.45, 7) is 13.7. The molecule has 4 N–H and O–H groups in total. The summed E-state index contributed by atoms with van der Waals surface area (Å²) in [4.78, 5) is 25.0. The monoisotopic (exact) mass is 961 g/mol. The molecule has 6 heterocycles. The summed E-state index contributed by atoms with van der Waals surface area (Å²) in [5.41, 5.74) is 15.3. The maximum absolute atomic E-state index is 14.0. The van der Waals surface area contributed by atoms with E-state index in [-0.39, 0.29) is 53.8 Å². The smallest absolute Gasteiger partial charge is 0.490 e. The zero-order valence-electron chi connectivity index (χ0n) is 40.4. The molecular weight excluding hydrogens is 888 g/mol. The fourth-order valence-corrected chi connectivity index (χ4v) is 15.7. The number of rotatable bonds is 8. The van der Waals surface area contributed by atoms with Crippen molar-refractivity contribution in [3.8, 4) is 17.6 Å². The molecule has 0 bridgehead atoms. The van der Waals surface area contributed by atoms with Gasteiger partial charge in [-0.1, -0.05) is 38.1 Å². The van der Waals surface area contributed by atoms with Crippen molar-refractivity contribution in [3.63, 3.8) is 0 Å². The predicted octanol–water partition coefficient (Wildman–Crippen LogP) is 8.68. The van der Waals surface area contributed by atoms with Gasteiger partial charge in [-0.15, -0.1) is 24.9 Å². The Labute approximate surface area is 405 Å². The standard InChI is InChI=1S/C52H72F3N9O3S/c1-32-34(3)68-50-46(32)47(57-33(2)48-60-59-35(4)63(48)50)38-11-9-36(10-12-38)37-21-23-51(24-22-37)25-26-62(31-51)45-20-19-43(61-64(45)27-7-5-6-8-28-64)49(65)58-40-14-17-41(18-15-40)66-42-16-13-39(30-56)44(29-42)67-52(53,54)55/h9-13,16,29,32-35,37,40-41,43,45-46,48,50,59-61H,5-8,14-15,17-28,31H2,1-4H3/p+1/t32?,33-,34?,35?,37?,40?,41?,43?,45?,46?,48?,50?,51?/m0/s1. The van der Waals surface area contributed by atoms with Crippen LogP contribution >= 0.6 is 11.8 Å². The van der Waals surface area contributed by atoms with Crippen molar-refractivity contribution in [3.05, 3.63) is 59.2 Å². The lowest BCUT2D eigenvalue weighted by Gasteiger charge is -2.52. The van der Waals surface area contributed by atoms with E-state index in [4.69, 9.17) is 9.73 Å². The zero-order chi connectivity index (χ0) is 47.4. The summed E-state index contributed by atoms with van der Waals surface area (Å²) in [7, 11) is 0. The first-order valence-electron chi connectivity index (χ1n) is 26.0. The number of likely N-dealkylation sites (tertiary alicyclic amines) is 1. The molecule has 0 radical (unpaired) electrons. The van der Waals surface area contributed by atoms with Crippen LogP contribution in [-0.2, 0) is 4.79 Å². The number of hydrazine groups is 1. The third-order valence-electron chi connectivity index (χ3n) is 17.7. The number of ether oxygens (including phenoxy) is 2. The van der Waals surface area contributed by atoms with E-state index in [0.29, 0.717) is 52.8 Å². The van der Waals surface area contributed by atoms with E-state index >= 15 is 0 Å². The topological polar surface area (TPSA) is 126 Å². The second kappa shape index (κ2) is 19.6. The molecule has 5 saturated heterocycles. The van der Waals surface area contributed by atoms with Gasteiger partial charge in [0.2, 0.25) is 5.91 Å². The molecular formula is C52H73F3N9O3S+. The van der Waals surface area contributed by atoms with Crippen LogP contribution in [0.5, 0.6) is 11.5 Å². The number of nitrogens with zero attached hydrogens (tertiary/aromatic N) is 5. The minimum atomic E-state index is -4.91. The number of carbonyl (C=O) groups is 1. The van der Waals surface area contributed by atoms with Crippen LogP contribution in [0.3, 0.4) is 0 Å². The molecule has 2 aliphatic carbocycles. The van der Waals surface area contributed by atoms with Gasteiger partial charge in [-0.2, -0.15) is 10.7 Å². The van der Waals surface area contributed by atoms with Crippen LogP contribution in [0, 0.1) is 28.6 Å². The van der Waals surface area contributed by atoms with E-state index in [9.17, 15) is 23.2 Å². The largest absolute Gasteiger partial charge is 0.573 e. The number of halogens is 3. The van der Waals surface area contributed by atoms with Crippen molar-refractivity contribution < 1.29 is 32.0 Å². The van der Waals surface area contributed by atoms with Crippen LogP contribution in [0.15, 0.2) is 47.5 Å². The summed E-state index contributed by atoms with van der Waals surface area (Å²) in [6.07, 6.45) is 11.4. The van der Waals surface area contributed by atoms with E-state index in [1.54, 1.807) is 6.07 Å². The number of thioether (sulfide) groups is 1. The Morgan fingerprint density at radius 2 is 1.66 bits per heavy atom. The second-order valence-electron chi connectivity index (χ2n) is 21.9. The third-order valence-corrected chi connectivity index (χ3v) is 19.4. The molecule has 8 aliphatic rings. The maximum atomic E-state index is 14.0. The Kier molecular flexibility index (Phi) is 13.9. The number of hydrogen-bond donors (Lipinski definition) is 4. The summed E-state index contributed by atoms with van der Waals surface area (Å²) in [6, 6.07) is 15.2. The van der Waals surface area contributed by atoms with Crippen LogP contribution in [0.25, 0.3) is 0 Å². The molecule has 8 unspecified atom stereocenters. The van der Waals surface area contributed by atoms with Gasteiger partial charge < -0.3 is 14.8 Å². The molecule has 2 spiro atoms. The highest BCUT2D eigenvalue weighted by Gasteiger charge is 2.54. The number of carbonyl (C=O) groups excluding carboxylic acids is 1. The molecule has 2 aromatic rings. The van der Waals surface area contributed by atoms with Gasteiger partial charge >= 0.3 is 6.36 Å². The molecule has 10 rings (SSSR count).